The monoisotopic (exact) mass is 406 g/mol. The number of rotatable bonds is 11. The number of anilines is 1. The van der Waals surface area contributed by atoms with Gasteiger partial charge in [0.25, 0.3) is 11.8 Å². The number of hydrogen-bond acceptors (Lipinski definition) is 3. The number of amides is 2. The highest BCUT2D eigenvalue weighted by molar-refractivity contribution is 9.10. The molecule has 1 aromatic carbocycles. The molecule has 1 heterocycles. The second kappa shape index (κ2) is 10.4. The van der Waals surface area contributed by atoms with Gasteiger partial charge in [-0.2, -0.15) is 0 Å². The largest absolute Gasteiger partial charge is 0.351 e. The van der Waals surface area contributed by atoms with Gasteiger partial charge >= 0.3 is 0 Å². The van der Waals surface area contributed by atoms with Gasteiger partial charge in [-0.05, 0) is 30.7 Å². The maximum atomic E-state index is 12.4. The molecule has 0 atom stereocenters. The van der Waals surface area contributed by atoms with E-state index < -0.39 is 0 Å². The van der Waals surface area contributed by atoms with Crippen molar-refractivity contribution in [3.63, 3.8) is 0 Å². The quantitative estimate of drug-likeness (QED) is 0.402. The van der Waals surface area contributed by atoms with E-state index in [4.69, 9.17) is 0 Å². The van der Waals surface area contributed by atoms with Gasteiger partial charge in [-0.25, -0.2) is 0 Å². The fourth-order valence-electron chi connectivity index (χ4n) is 2.90. The zero-order valence-corrected chi connectivity index (χ0v) is 16.5. The van der Waals surface area contributed by atoms with Gasteiger partial charge in [-0.3, -0.25) is 14.5 Å². The van der Waals surface area contributed by atoms with Gasteiger partial charge in [-0.15, -0.1) is 0 Å². The summed E-state index contributed by atoms with van der Waals surface area (Å²) < 4.78 is 0.970. The summed E-state index contributed by atoms with van der Waals surface area (Å²) in [6.07, 6.45) is 11.0. The molecular formula is C20H27BrN2O2. The normalized spacial score (nSPS) is 14.2. The molecule has 0 bridgehead atoms. The van der Waals surface area contributed by atoms with Gasteiger partial charge in [0.15, 0.2) is 0 Å². The molecule has 25 heavy (non-hydrogen) atoms. The highest BCUT2D eigenvalue weighted by Crippen LogP contribution is 2.20. The summed E-state index contributed by atoms with van der Waals surface area (Å²) in [7, 11) is 0. The summed E-state index contributed by atoms with van der Waals surface area (Å²) in [5.41, 5.74) is 1.15. The second-order valence-electron chi connectivity index (χ2n) is 6.46. The number of imide groups is 1. The number of nitrogens with one attached hydrogen (secondary N) is 1. The van der Waals surface area contributed by atoms with E-state index in [0.29, 0.717) is 12.2 Å². The Morgan fingerprint density at radius 3 is 2.16 bits per heavy atom. The SMILES string of the molecule is CCCCCCCCCCN1C(=O)C=C(Nc2ccc(Br)cc2)C1=O. The van der Waals surface area contributed by atoms with E-state index in [9.17, 15) is 9.59 Å². The van der Waals surface area contributed by atoms with Gasteiger partial charge in [0.05, 0.1) is 0 Å². The molecule has 0 spiro atoms. The zero-order chi connectivity index (χ0) is 18.1. The number of unbranched alkanes of at least 4 members (excludes halogenated alkanes) is 7. The minimum atomic E-state index is -0.226. The van der Waals surface area contributed by atoms with Crippen LogP contribution in [0.4, 0.5) is 5.69 Å². The Labute approximate surface area is 158 Å². The van der Waals surface area contributed by atoms with E-state index in [2.05, 4.69) is 28.2 Å². The third kappa shape index (κ3) is 6.31. The van der Waals surface area contributed by atoms with Crippen molar-refractivity contribution >= 4 is 33.4 Å². The minimum absolute atomic E-state index is 0.215. The molecule has 0 radical (unpaired) electrons. The van der Waals surface area contributed by atoms with Gasteiger partial charge in [-0.1, -0.05) is 67.8 Å². The Kier molecular flexibility index (Phi) is 8.19. The fourth-order valence-corrected chi connectivity index (χ4v) is 3.17. The average molecular weight is 407 g/mol. The Bertz CT molecular complexity index is 611. The number of hydrogen-bond donors (Lipinski definition) is 1. The standard InChI is InChI=1S/C20H27BrN2O2/c1-2-3-4-5-6-7-8-9-14-23-19(24)15-18(20(23)25)22-17-12-10-16(21)11-13-17/h10-13,15,22H,2-9,14H2,1H3. The van der Waals surface area contributed by atoms with Crippen LogP contribution >= 0.6 is 15.9 Å². The lowest BCUT2D eigenvalue weighted by Gasteiger charge is -2.15. The lowest BCUT2D eigenvalue weighted by Crippen LogP contribution is -2.33. The highest BCUT2D eigenvalue weighted by Gasteiger charge is 2.30. The van der Waals surface area contributed by atoms with Gasteiger partial charge in [0.1, 0.15) is 5.70 Å². The van der Waals surface area contributed by atoms with Crippen LogP contribution in [0.15, 0.2) is 40.5 Å². The highest BCUT2D eigenvalue weighted by atomic mass is 79.9. The predicted molar refractivity (Wildman–Crippen MR) is 105 cm³/mol. The maximum Gasteiger partial charge on any atom is 0.277 e. The van der Waals surface area contributed by atoms with Gasteiger partial charge in [0.2, 0.25) is 0 Å². The van der Waals surface area contributed by atoms with Crippen molar-refractivity contribution in [3.05, 3.63) is 40.5 Å². The molecule has 4 nitrogen and oxygen atoms in total. The predicted octanol–water partition coefficient (Wildman–Crippen LogP) is 5.25. The number of halogens is 1. The molecule has 0 fully saturated rings. The van der Waals surface area contributed by atoms with Crippen molar-refractivity contribution in [2.45, 2.75) is 58.3 Å². The maximum absolute atomic E-state index is 12.4. The summed E-state index contributed by atoms with van der Waals surface area (Å²) in [6, 6.07) is 7.51. The number of nitrogens with zero attached hydrogens (tertiary/aromatic N) is 1. The van der Waals surface area contributed by atoms with Crippen molar-refractivity contribution in [2.75, 3.05) is 11.9 Å². The molecular weight excluding hydrogens is 380 g/mol. The van der Waals surface area contributed by atoms with Crippen molar-refractivity contribution in [1.29, 1.82) is 0 Å². The van der Waals surface area contributed by atoms with Crippen molar-refractivity contribution in [3.8, 4) is 0 Å². The third-order valence-corrected chi connectivity index (χ3v) is 4.90. The first-order chi connectivity index (χ1) is 12.1. The molecule has 1 aliphatic heterocycles. The number of carbonyl (C=O) groups is 2. The lowest BCUT2D eigenvalue weighted by molar-refractivity contribution is -0.137. The van der Waals surface area contributed by atoms with Crippen LogP contribution in [0.25, 0.3) is 0 Å². The van der Waals surface area contributed by atoms with Crippen molar-refractivity contribution < 1.29 is 9.59 Å². The number of benzene rings is 1. The molecule has 1 aromatic rings. The Morgan fingerprint density at radius 2 is 1.52 bits per heavy atom. The fraction of sp³-hybridized carbons (Fsp3) is 0.500. The molecule has 0 unspecified atom stereocenters. The van der Waals surface area contributed by atoms with Crippen LogP contribution in [0.2, 0.25) is 0 Å². The smallest absolute Gasteiger partial charge is 0.277 e. The molecule has 1 N–H and O–H groups in total. The van der Waals surface area contributed by atoms with Crippen LogP contribution in [0.3, 0.4) is 0 Å². The molecule has 136 valence electrons. The van der Waals surface area contributed by atoms with Crippen LogP contribution in [-0.4, -0.2) is 23.3 Å². The molecule has 1 aliphatic rings. The Balaban J connectivity index is 1.70. The van der Waals surface area contributed by atoms with E-state index in [-0.39, 0.29) is 11.8 Å². The lowest BCUT2D eigenvalue weighted by atomic mass is 10.1. The van der Waals surface area contributed by atoms with Crippen LogP contribution in [0.1, 0.15) is 58.3 Å². The summed E-state index contributed by atoms with van der Waals surface area (Å²) >= 11 is 3.38. The van der Waals surface area contributed by atoms with E-state index in [1.807, 2.05) is 24.3 Å². The topological polar surface area (TPSA) is 49.4 Å². The molecule has 0 aliphatic carbocycles. The molecule has 0 saturated heterocycles. The van der Waals surface area contributed by atoms with E-state index in [1.54, 1.807) is 0 Å². The zero-order valence-electron chi connectivity index (χ0n) is 14.9. The van der Waals surface area contributed by atoms with E-state index >= 15 is 0 Å². The van der Waals surface area contributed by atoms with E-state index in [0.717, 1.165) is 23.0 Å². The van der Waals surface area contributed by atoms with Crippen LogP contribution in [0.5, 0.6) is 0 Å². The Hall–Kier alpha value is -1.62. The molecule has 5 heteroatoms. The molecule has 0 aromatic heterocycles. The van der Waals surface area contributed by atoms with Crippen LogP contribution in [0, 0.1) is 0 Å². The van der Waals surface area contributed by atoms with Crippen LogP contribution in [-0.2, 0) is 9.59 Å². The first kappa shape index (κ1) is 19.7. The minimum Gasteiger partial charge on any atom is -0.351 e. The summed E-state index contributed by atoms with van der Waals surface area (Å²) in [5, 5.41) is 3.04. The first-order valence-corrected chi connectivity index (χ1v) is 10.0. The Morgan fingerprint density at radius 1 is 0.920 bits per heavy atom. The first-order valence-electron chi connectivity index (χ1n) is 9.22. The summed E-state index contributed by atoms with van der Waals surface area (Å²) in [5.74, 6) is -0.441. The average Bonchev–Trinajstić information content (AvgIpc) is 2.86. The van der Waals surface area contributed by atoms with Crippen LogP contribution < -0.4 is 5.32 Å². The second-order valence-corrected chi connectivity index (χ2v) is 7.38. The number of carbonyl (C=O) groups excluding carboxylic acids is 2. The van der Waals surface area contributed by atoms with Gasteiger partial charge in [0, 0.05) is 22.8 Å². The summed E-state index contributed by atoms with van der Waals surface area (Å²) in [6.45, 7) is 2.73. The molecule has 0 saturated carbocycles. The van der Waals surface area contributed by atoms with Gasteiger partial charge < -0.3 is 5.32 Å². The van der Waals surface area contributed by atoms with Crippen molar-refractivity contribution in [1.82, 2.24) is 4.90 Å². The summed E-state index contributed by atoms with van der Waals surface area (Å²) in [4.78, 5) is 25.8. The molecule has 2 amide bonds. The third-order valence-electron chi connectivity index (χ3n) is 4.37. The molecule has 2 rings (SSSR count). The van der Waals surface area contributed by atoms with Crippen molar-refractivity contribution in [2.24, 2.45) is 0 Å². The van der Waals surface area contributed by atoms with E-state index in [1.165, 1.54) is 49.5 Å².